The average molecular weight is 478 g/mol. The van der Waals surface area contributed by atoms with Crippen LogP contribution in [0.2, 0.25) is 0 Å². The van der Waals surface area contributed by atoms with Crippen molar-refractivity contribution < 1.29 is 24.3 Å². The molecule has 1 saturated heterocycles. The average Bonchev–Trinajstić information content (AvgIpc) is 3.22. The van der Waals surface area contributed by atoms with Gasteiger partial charge in [-0.3, -0.25) is 19.4 Å². The van der Waals surface area contributed by atoms with E-state index < -0.39 is 47.9 Å². The van der Waals surface area contributed by atoms with Gasteiger partial charge in [0.15, 0.2) is 5.96 Å². The second kappa shape index (κ2) is 13.3. The normalized spacial score (nSPS) is 18.5. The molecule has 3 amide bonds. The van der Waals surface area contributed by atoms with Gasteiger partial charge in [0.1, 0.15) is 18.1 Å². The van der Waals surface area contributed by atoms with E-state index in [0.29, 0.717) is 32.2 Å². The highest BCUT2D eigenvalue weighted by Crippen LogP contribution is 2.18. The summed E-state index contributed by atoms with van der Waals surface area (Å²) in [5, 5.41) is 14.3. The Morgan fingerprint density at radius 1 is 1.10 bits per heavy atom. The van der Waals surface area contributed by atoms with E-state index in [1.54, 1.807) is 0 Å². The Morgan fingerprint density at radius 3 is 2.26 bits per heavy atom. The molecule has 0 aromatic rings. The second-order valence-electron chi connectivity index (χ2n) is 7.07. The number of nitrogens with two attached hydrogens (primary N) is 3. The van der Waals surface area contributed by atoms with Crippen LogP contribution in [0.15, 0.2) is 4.99 Å². The molecular formula is C17H31N7O5S2. The van der Waals surface area contributed by atoms with E-state index in [4.69, 9.17) is 17.2 Å². The molecular weight excluding hydrogens is 446 g/mol. The maximum absolute atomic E-state index is 12.7. The predicted molar refractivity (Wildman–Crippen MR) is 122 cm³/mol. The van der Waals surface area contributed by atoms with Crippen LogP contribution in [0, 0.1) is 0 Å². The molecule has 0 radical (unpaired) electrons. The SMILES string of the molecule is NC(N)=NCCCC(N)C(=O)NC(CS)C(=O)NC(CS)C(=O)N1CCCC1C(=O)O. The molecule has 0 aromatic heterocycles. The summed E-state index contributed by atoms with van der Waals surface area (Å²) in [6, 6.07) is -3.89. The highest BCUT2D eigenvalue weighted by atomic mass is 32.1. The maximum Gasteiger partial charge on any atom is 0.326 e. The minimum atomic E-state index is -1.09. The molecule has 31 heavy (non-hydrogen) atoms. The van der Waals surface area contributed by atoms with Gasteiger partial charge in [-0.15, -0.1) is 0 Å². The van der Waals surface area contributed by atoms with Crippen LogP contribution in [-0.4, -0.2) is 88.4 Å². The molecule has 0 aliphatic carbocycles. The number of nitrogens with one attached hydrogen (secondary N) is 2. The zero-order valence-electron chi connectivity index (χ0n) is 17.1. The van der Waals surface area contributed by atoms with E-state index in [1.165, 1.54) is 4.90 Å². The first kappa shape index (κ1) is 26.8. The standard InChI is InChI=1S/C17H31N7O5S2/c18-9(3-1-5-21-17(19)20)13(25)22-10(7-30)14(26)23-11(8-31)15(27)24-6-2-4-12(24)16(28)29/h9-12,30-31H,1-8,18H2,(H,22,25)(H,23,26)(H,28,29)(H4,19,20,21). The van der Waals surface area contributed by atoms with E-state index in [9.17, 15) is 24.3 Å². The molecule has 12 nitrogen and oxygen atoms in total. The number of rotatable bonds is 12. The van der Waals surface area contributed by atoms with Gasteiger partial charge in [-0.25, -0.2) is 4.79 Å². The maximum atomic E-state index is 12.7. The molecule has 1 aliphatic rings. The van der Waals surface area contributed by atoms with Crippen LogP contribution in [-0.2, 0) is 19.2 Å². The lowest BCUT2D eigenvalue weighted by Crippen LogP contribution is -2.58. The lowest BCUT2D eigenvalue weighted by atomic mass is 10.1. The molecule has 14 heteroatoms. The Bertz CT molecular complexity index is 690. The van der Waals surface area contributed by atoms with Gasteiger partial charge < -0.3 is 37.8 Å². The number of guanidine groups is 1. The number of nitrogens with zero attached hydrogens (tertiary/aromatic N) is 2. The Hall–Kier alpha value is -2.19. The van der Waals surface area contributed by atoms with Crippen LogP contribution >= 0.6 is 25.3 Å². The van der Waals surface area contributed by atoms with Crippen LogP contribution in [0.4, 0.5) is 0 Å². The molecule has 1 aliphatic heterocycles. The first-order chi connectivity index (χ1) is 14.6. The van der Waals surface area contributed by atoms with E-state index in [2.05, 4.69) is 40.9 Å². The summed E-state index contributed by atoms with van der Waals surface area (Å²) in [5.41, 5.74) is 16.3. The first-order valence-corrected chi connectivity index (χ1v) is 11.1. The van der Waals surface area contributed by atoms with Gasteiger partial charge in [0.05, 0.1) is 6.04 Å². The Balaban J connectivity index is 2.65. The largest absolute Gasteiger partial charge is 0.480 e. The molecule has 0 bridgehead atoms. The van der Waals surface area contributed by atoms with Crippen molar-refractivity contribution >= 4 is 54.9 Å². The molecule has 4 unspecified atom stereocenters. The van der Waals surface area contributed by atoms with Gasteiger partial charge in [-0.2, -0.15) is 25.3 Å². The number of thiol groups is 2. The van der Waals surface area contributed by atoms with Gasteiger partial charge in [0.25, 0.3) is 0 Å². The quantitative estimate of drug-likeness (QED) is 0.0639. The van der Waals surface area contributed by atoms with Crippen LogP contribution in [0.5, 0.6) is 0 Å². The topological polar surface area (TPSA) is 206 Å². The lowest BCUT2D eigenvalue weighted by molar-refractivity contribution is -0.149. The summed E-state index contributed by atoms with van der Waals surface area (Å²) in [4.78, 5) is 53.9. The van der Waals surface area contributed by atoms with Crippen molar-refractivity contribution in [3.8, 4) is 0 Å². The third kappa shape index (κ3) is 8.45. The van der Waals surface area contributed by atoms with Crippen LogP contribution < -0.4 is 27.8 Å². The van der Waals surface area contributed by atoms with E-state index in [0.717, 1.165) is 0 Å². The number of aliphatic carboxylic acids is 1. The van der Waals surface area contributed by atoms with Crippen molar-refractivity contribution in [2.45, 2.75) is 49.9 Å². The van der Waals surface area contributed by atoms with E-state index >= 15 is 0 Å². The number of carbonyl (C=O) groups is 4. The molecule has 1 heterocycles. The minimum Gasteiger partial charge on any atom is -0.480 e. The van der Waals surface area contributed by atoms with Gasteiger partial charge in [-0.1, -0.05) is 0 Å². The summed E-state index contributed by atoms with van der Waals surface area (Å²) in [6.45, 7) is 0.608. The van der Waals surface area contributed by atoms with Crippen molar-refractivity contribution in [2.24, 2.45) is 22.2 Å². The zero-order chi connectivity index (χ0) is 23.6. The Labute approximate surface area is 191 Å². The fourth-order valence-corrected chi connectivity index (χ4v) is 3.57. The van der Waals surface area contributed by atoms with Crippen molar-refractivity contribution in [3.05, 3.63) is 0 Å². The number of likely N-dealkylation sites (tertiary alicyclic amines) is 1. The van der Waals surface area contributed by atoms with Gasteiger partial charge in [-0.05, 0) is 25.7 Å². The van der Waals surface area contributed by atoms with E-state index in [-0.39, 0.29) is 24.0 Å². The molecule has 0 saturated carbocycles. The number of aliphatic imine (C=N–C) groups is 1. The van der Waals surface area contributed by atoms with Gasteiger partial charge in [0, 0.05) is 24.6 Å². The van der Waals surface area contributed by atoms with Crippen molar-refractivity contribution in [2.75, 3.05) is 24.6 Å². The minimum absolute atomic E-state index is 0.0345. The molecule has 0 spiro atoms. The molecule has 1 fully saturated rings. The molecule has 1 rings (SSSR count). The van der Waals surface area contributed by atoms with E-state index in [1.807, 2.05) is 0 Å². The van der Waals surface area contributed by atoms with Crippen molar-refractivity contribution in [3.63, 3.8) is 0 Å². The zero-order valence-corrected chi connectivity index (χ0v) is 18.9. The molecule has 0 aromatic carbocycles. The summed E-state index contributed by atoms with van der Waals surface area (Å²) in [6.07, 6.45) is 1.69. The van der Waals surface area contributed by atoms with Crippen LogP contribution in [0.25, 0.3) is 0 Å². The first-order valence-electron chi connectivity index (χ1n) is 9.79. The highest BCUT2D eigenvalue weighted by molar-refractivity contribution is 7.80. The molecule has 176 valence electrons. The van der Waals surface area contributed by atoms with Gasteiger partial charge in [0.2, 0.25) is 17.7 Å². The third-order valence-corrected chi connectivity index (χ3v) is 5.47. The summed E-state index contributed by atoms with van der Waals surface area (Å²) < 4.78 is 0. The summed E-state index contributed by atoms with van der Waals surface area (Å²) >= 11 is 8.19. The monoisotopic (exact) mass is 477 g/mol. The van der Waals surface area contributed by atoms with Crippen molar-refractivity contribution in [1.82, 2.24) is 15.5 Å². The fourth-order valence-electron chi connectivity index (χ4n) is 3.07. The van der Waals surface area contributed by atoms with Crippen LogP contribution in [0.3, 0.4) is 0 Å². The number of carboxylic acid groups (broad SMARTS) is 1. The van der Waals surface area contributed by atoms with Gasteiger partial charge >= 0.3 is 5.97 Å². The Kier molecular flexibility index (Phi) is 11.5. The summed E-state index contributed by atoms with van der Waals surface area (Å²) in [5.74, 6) is -2.95. The molecule has 4 atom stereocenters. The smallest absolute Gasteiger partial charge is 0.326 e. The second-order valence-corrected chi connectivity index (χ2v) is 7.80. The lowest BCUT2D eigenvalue weighted by Gasteiger charge is -2.28. The van der Waals surface area contributed by atoms with Crippen LogP contribution in [0.1, 0.15) is 25.7 Å². The number of hydrogen-bond donors (Lipinski definition) is 8. The number of carbonyl (C=O) groups excluding carboxylic acids is 3. The number of amides is 3. The fraction of sp³-hybridized carbons (Fsp3) is 0.706. The third-order valence-electron chi connectivity index (χ3n) is 4.74. The summed E-state index contributed by atoms with van der Waals surface area (Å²) in [7, 11) is 0. The van der Waals surface area contributed by atoms with Crippen molar-refractivity contribution in [1.29, 1.82) is 0 Å². The number of carboxylic acids is 1. The predicted octanol–water partition coefficient (Wildman–Crippen LogP) is -2.73. The highest BCUT2D eigenvalue weighted by Gasteiger charge is 2.37. The number of hydrogen-bond acceptors (Lipinski definition) is 8. The Morgan fingerprint density at radius 2 is 1.71 bits per heavy atom. The molecule has 9 N–H and O–H groups in total.